The summed E-state index contributed by atoms with van der Waals surface area (Å²) in [5.74, 6) is -0.492. The number of nitro groups is 2. The first-order chi connectivity index (χ1) is 15.3. The highest BCUT2D eigenvalue weighted by Crippen LogP contribution is 2.29. The molecule has 1 saturated heterocycles. The van der Waals surface area contributed by atoms with Crippen LogP contribution in [-0.4, -0.2) is 54.3 Å². The number of morpholine rings is 1. The number of benzene rings is 2. The molecule has 1 amide bonds. The van der Waals surface area contributed by atoms with Gasteiger partial charge in [-0.2, -0.15) is 0 Å². The molecule has 0 aliphatic carbocycles. The zero-order valence-corrected chi connectivity index (χ0v) is 17.7. The van der Waals surface area contributed by atoms with Crippen LogP contribution < -0.4 is 20.3 Å². The molecule has 12 nitrogen and oxygen atoms in total. The van der Waals surface area contributed by atoms with Crippen LogP contribution in [0.3, 0.4) is 0 Å². The number of anilines is 2. The highest BCUT2D eigenvalue weighted by molar-refractivity contribution is 7.80. The van der Waals surface area contributed by atoms with E-state index in [4.69, 9.17) is 21.7 Å². The van der Waals surface area contributed by atoms with Crippen LogP contribution in [-0.2, 0) is 4.74 Å². The zero-order valence-electron chi connectivity index (χ0n) is 16.9. The smallest absolute Gasteiger partial charge is 0.273 e. The molecule has 1 aliphatic rings. The molecule has 2 aromatic rings. The van der Waals surface area contributed by atoms with Gasteiger partial charge in [-0.05, 0) is 24.4 Å². The fourth-order valence-electron chi connectivity index (χ4n) is 3.12. The predicted octanol–water partition coefficient (Wildman–Crippen LogP) is 2.48. The predicted molar refractivity (Wildman–Crippen MR) is 119 cm³/mol. The van der Waals surface area contributed by atoms with Crippen LogP contribution in [0.25, 0.3) is 0 Å². The second-order valence-electron chi connectivity index (χ2n) is 6.61. The minimum absolute atomic E-state index is 0.0842. The molecule has 1 fully saturated rings. The number of nitrogens with one attached hydrogen (secondary N) is 2. The Morgan fingerprint density at radius 3 is 2.34 bits per heavy atom. The molecule has 1 aliphatic heterocycles. The molecule has 0 bridgehead atoms. The van der Waals surface area contributed by atoms with Gasteiger partial charge in [0.25, 0.3) is 17.3 Å². The van der Waals surface area contributed by atoms with E-state index in [2.05, 4.69) is 10.6 Å². The maximum Gasteiger partial charge on any atom is 0.273 e. The van der Waals surface area contributed by atoms with Gasteiger partial charge in [0.2, 0.25) is 0 Å². The first kappa shape index (κ1) is 22.8. The standard InChI is InChI=1S/C19H19N5O7S/c1-30-17-11-13(24(28)29)2-4-15(17)20-19(32)21-18(25)14-10-12(23(26)27)3-5-16(14)22-6-8-31-9-7-22/h2-5,10-11H,6-9H2,1H3,(H2,20,21,25,32). The summed E-state index contributed by atoms with van der Waals surface area (Å²) in [7, 11) is 1.34. The third-order valence-electron chi connectivity index (χ3n) is 4.66. The molecule has 168 valence electrons. The van der Waals surface area contributed by atoms with Gasteiger partial charge in [-0.1, -0.05) is 0 Å². The number of nitrogens with zero attached hydrogens (tertiary/aromatic N) is 3. The quantitative estimate of drug-likeness (QED) is 0.373. The minimum atomic E-state index is -0.645. The van der Waals surface area contributed by atoms with Gasteiger partial charge in [-0.15, -0.1) is 0 Å². The fraction of sp³-hybridized carbons (Fsp3) is 0.263. The van der Waals surface area contributed by atoms with Gasteiger partial charge in [0.15, 0.2) is 5.11 Å². The Morgan fingerprint density at radius 1 is 1.09 bits per heavy atom. The average molecular weight is 461 g/mol. The number of hydrogen-bond acceptors (Lipinski definition) is 9. The summed E-state index contributed by atoms with van der Waals surface area (Å²) in [6, 6.07) is 7.90. The molecule has 0 saturated carbocycles. The number of hydrogen-bond donors (Lipinski definition) is 2. The second kappa shape index (κ2) is 9.98. The molecular formula is C19H19N5O7S. The summed E-state index contributed by atoms with van der Waals surface area (Å²) in [6.07, 6.45) is 0. The van der Waals surface area contributed by atoms with E-state index in [1.807, 2.05) is 4.90 Å². The lowest BCUT2D eigenvalue weighted by Gasteiger charge is -2.30. The van der Waals surface area contributed by atoms with Crippen LogP contribution in [0.1, 0.15) is 10.4 Å². The van der Waals surface area contributed by atoms with E-state index in [0.29, 0.717) is 37.7 Å². The van der Waals surface area contributed by atoms with Gasteiger partial charge in [0, 0.05) is 31.3 Å². The number of thiocarbonyl (C=S) groups is 1. The van der Waals surface area contributed by atoms with Crippen molar-refractivity contribution in [3.63, 3.8) is 0 Å². The highest BCUT2D eigenvalue weighted by Gasteiger charge is 2.23. The van der Waals surface area contributed by atoms with Gasteiger partial charge in [0.05, 0.1) is 53.2 Å². The summed E-state index contributed by atoms with van der Waals surface area (Å²) >= 11 is 5.19. The van der Waals surface area contributed by atoms with E-state index < -0.39 is 15.8 Å². The summed E-state index contributed by atoms with van der Waals surface area (Å²) in [4.78, 5) is 35.8. The summed E-state index contributed by atoms with van der Waals surface area (Å²) in [5, 5.41) is 27.3. The Morgan fingerprint density at radius 2 is 1.72 bits per heavy atom. The average Bonchev–Trinajstić information content (AvgIpc) is 2.79. The number of methoxy groups -OCH3 is 1. The zero-order chi connectivity index (χ0) is 23.3. The first-order valence-electron chi connectivity index (χ1n) is 9.36. The molecule has 0 unspecified atom stereocenters. The molecule has 1 heterocycles. The number of carbonyl (C=O) groups is 1. The van der Waals surface area contributed by atoms with Gasteiger partial charge in [-0.25, -0.2) is 0 Å². The number of non-ortho nitro benzene ring substituents is 2. The molecular weight excluding hydrogens is 442 g/mol. The van der Waals surface area contributed by atoms with Gasteiger partial charge in [0.1, 0.15) is 5.75 Å². The number of carbonyl (C=O) groups excluding carboxylic acids is 1. The van der Waals surface area contributed by atoms with E-state index in [1.165, 1.54) is 43.5 Å². The Kier molecular flexibility index (Phi) is 7.12. The van der Waals surface area contributed by atoms with Crippen LogP contribution >= 0.6 is 12.2 Å². The molecule has 2 aromatic carbocycles. The maximum atomic E-state index is 12.9. The fourth-order valence-corrected chi connectivity index (χ4v) is 3.32. The maximum absolute atomic E-state index is 12.9. The number of rotatable bonds is 6. The summed E-state index contributed by atoms with van der Waals surface area (Å²) in [5.41, 5.74) is 0.501. The molecule has 0 aromatic heterocycles. The molecule has 32 heavy (non-hydrogen) atoms. The molecule has 3 rings (SSSR count). The van der Waals surface area contributed by atoms with Crippen LogP contribution in [0, 0.1) is 20.2 Å². The number of nitro benzene ring substituents is 2. The number of amides is 1. The summed E-state index contributed by atoms with van der Waals surface area (Å²) in [6.45, 7) is 2.00. The van der Waals surface area contributed by atoms with Gasteiger partial charge in [-0.3, -0.25) is 30.3 Å². The topological polar surface area (TPSA) is 149 Å². The van der Waals surface area contributed by atoms with Crippen LogP contribution in [0.5, 0.6) is 5.75 Å². The summed E-state index contributed by atoms with van der Waals surface area (Å²) < 4.78 is 10.5. The van der Waals surface area contributed by atoms with Crippen molar-refractivity contribution < 1.29 is 24.1 Å². The molecule has 2 N–H and O–H groups in total. The van der Waals surface area contributed by atoms with Crippen molar-refractivity contribution in [1.29, 1.82) is 0 Å². The number of ether oxygens (including phenoxy) is 2. The van der Waals surface area contributed by atoms with Gasteiger partial charge >= 0.3 is 0 Å². The minimum Gasteiger partial charge on any atom is -0.494 e. The van der Waals surface area contributed by atoms with E-state index >= 15 is 0 Å². The molecule has 0 atom stereocenters. The first-order valence-corrected chi connectivity index (χ1v) is 9.77. The lowest BCUT2D eigenvalue weighted by Crippen LogP contribution is -2.39. The van der Waals surface area contributed by atoms with Crippen molar-refractivity contribution in [2.45, 2.75) is 0 Å². The van der Waals surface area contributed by atoms with Crippen molar-refractivity contribution in [2.75, 3.05) is 43.6 Å². The van der Waals surface area contributed by atoms with E-state index in [9.17, 15) is 25.0 Å². The molecule has 0 spiro atoms. The van der Waals surface area contributed by atoms with Crippen molar-refractivity contribution in [1.82, 2.24) is 5.32 Å². The van der Waals surface area contributed by atoms with Crippen LogP contribution in [0.15, 0.2) is 36.4 Å². The van der Waals surface area contributed by atoms with Crippen LogP contribution in [0.2, 0.25) is 0 Å². The Hall–Kier alpha value is -3.84. The normalized spacial score (nSPS) is 13.2. The molecule has 0 radical (unpaired) electrons. The van der Waals surface area contributed by atoms with Crippen molar-refractivity contribution in [3.05, 3.63) is 62.2 Å². The van der Waals surface area contributed by atoms with Crippen molar-refractivity contribution in [2.24, 2.45) is 0 Å². The largest absolute Gasteiger partial charge is 0.494 e. The monoisotopic (exact) mass is 461 g/mol. The Balaban J connectivity index is 1.81. The van der Waals surface area contributed by atoms with Crippen molar-refractivity contribution >= 4 is 46.0 Å². The SMILES string of the molecule is COc1cc([N+](=O)[O-])ccc1NC(=S)NC(=O)c1cc([N+](=O)[O-])ccc1N1CCOCC1. The molecule has 13 heteroatoms. The van der Waals surface area contributed by atoms with Crippen LogP contribution in [0.4, 0.5) is 22.7 Å². The van der Waals surface area contributed by atoms with Gasteiger partial charge < -0.3 is 19.7 Å². The lowest BCUT2D eigenvalue weighted by atomic mass is 10.1. The van der Waals surface area contributed by atoms with E-state index in [0.717, 1.165) is 0 Å². The van der Waals surface area contributed by atoms with E-state index in [-0.39, 0.29) is 27.8 Å². The third-order valence-corrected chi connectivity index (χ3v) is 4.86. The second-order valence-corrected chi connectivity index (χ2v) is 7.02. The lowest BCUT2D eigenvalue weighted by molar-refractivity contribution is -0.385. The third kappa shape index (κ3) is 5.25. The Labute approximate surface area is 187 Å². The van der Waals surface area contributed by atoms with Crippen molar-refractivity contribution in [3.8, 4) is 5.75 Å². The highest BCUT2D eigenvalue weighted by atomic mass is 32.1. The van der Waals surface area contributed by atoms with E-state index in [1.54, 1.807) is 0 Å². The Bertz CT molecular complexity index is 1070.